The van der Waals surface area contributed by atoms with Gasteiger partial charge in [0.25, 0.3) is 0 Å². The van der Waals surface area contributed by atoms with Gasteiger partial charge in [-0.3, -0.25) is 0 Å². The quantitative estimate of drug-likeness (QED) is 0.327. The molecule has 0 fully saturated rings. The number of hydrogen-bond donors (Lipinski definition) is 0. The number of aromatic nitrogens is 3. The Labute approximate surface area is 158 Å². The Balaban J connectivity index is 2.11. The Kier molecular flexibility index (Phi) is 5.95. The van der Waals surface area contributed by atoms with E-state index >= 15 is 0 Å². The number of halogens is 3. The van der Waals surface area contributed by atoms with Gasteiger partial charge in [-0.1, -0.05) is 11.6 Å². The van der Waals surface area contributed by atoms with E-state index in [0.717, 1.165) is 16.0 Å². The molecule has 5 nitrogen and oxygen atoms in total. The molecule has 138 valence electrons. The second kappa shape index (κ2) is 8.20. The molecule has 2 heterocycles. The molecule has 26 heavy (non-hydrogen) atoms. The maximum Gasteiger partial charge on any atom is 0.387 e. The first-order valence-electron chi connectivity index (χ1n) is 7.71. The molecule has 3 rings (SSSR count). The fourth-order valence-corrected chi connectivity index (χ4v) is 3.50. The number of alkyl halides is 2. The molecule has 3 aromatic rings. The molecule has 0 aliphatic rings. The number of methoxy groups -OCH3 is 1. The fourth-order valence-electron chi connectivity index (χ4n) is 2.51. The number of hydrogen-bond acceptors (Lipinski definition) is 5. The highest BCUT2D eigenvalue weighted by Crippen LogP contribution is 2.33. The summed E-state index contributed by atoms with van der Waals surface area (Å²) in [7, 11) is 1.63. The van der Waals surface area contributed by atoms with Crippen LogP contribution in [0, 0.1) is 6.92 Å². The van der Waals surface area contributed by atoms with Crippen molar-refractivity contribution in [1.29, 1.82) is 0 Å². The molecule has 0 radical (unpaired) electrons. The second-order valence-corrected chi connectivity index (χ2v) is 6.93. The number of fused-ring (bicyclic) bond motifs is 1. The number of nitrogens with zero attached hydrogens (tertiary/aromatic N) is 3. The Morgan fingerprint density at radius 2 is 2.12 bits per heavy atom. The minimum atomic E-state index is -2.94. The summed E-state index contributed by atoms with van der Waals surface area (Å²) in [4.78, 5) is 4.95. The molecule has 0 amide bonds. The maximum atomic E-state index is 12.8. The lowest BCUT2D eigenvalue weighted by atomic mass is 10.2. The number of aryl methyl sites for hydroxylation is 1. The lowest BCUT2D eigenvalue weighted by Gasteiger charge is -2.13. The van der Waals surface area contributed by atoms with E-state index in [1.54, 1.807) is 47.9 Å². The summed E-state index contributed by atoms with van der Waals surface area (Å²) in [5.41, 5.74) is 1.79. The molecule has 0 saturated carbocycles. The average molecular weight is 400 g/mol. The summed E-state index contributed by atoms with van der Waals surface area (Å²) in [6.45, 7) is -0.534. The molecule has 0 aliphatic carbocycles. The molecule has 1 aromatic carbocycles. The molecular weight excluding hydrogens is 384 g/mol. The molecule has 9 heteroatoms. The molecule has 0 N–H and O–H groups in total. The first kappa shape index (κ1) is 18.9. The van der Waals surface area contributed by atoms with Crippen LogP contribution in [0.5, 0.6) is 5.75 Å². The third kappa shape index (κ3) is 4.08. The maximum absolute atomic E-state index is 12.8. The van der Waals surface area contributed by atoms with Crippen LogP contribution in [0.4, 0.5) is 8.78 Å². The molecular formula is C17H16ClF2N3O2S. The van der Waals surface area contributed by atoms with Crippen molar-refractivity contribution in [3.05, 3.63) is 41.3 Å². The van der Waals surface area contributed by atoms with E-state index in [1.165, 1.54) is 6.07 Å². The van der Waals surface area contributed by atoms with E-state index in [2.05, 4.69) is 10.1 Å². The van der Waals surface area contributed by atoms with Crippen LogP contribution in [0.15, 0.2) is 35.4 Å². The summed E-state index contributed by atoms with van der Waals surface area (Å²) in [5, 5.41) is 5.54. The van der Waals surface area contributed by atoms with E-state index in [1.807, 2.05) is 6.92 Å². The van der Waals surface area contributed by atoms with Crippen LogP contribution in [-0.2, 0) is 4.74 Å². The van der Waals surface area contributed by atoms with E-state index in [-0.39, 0.29) is 5.75 Å². The number of rotatable bonds is 7. The summed E-state index contributed by atoms with van der Waals surface area (Å²) < 4.78 is 37.0. The Morgan fingerprint density at radius 1 is 1.31 bits per heavy atom. The fraction of sp³-hybridized carbons (Fsp3) is 0.294. The number of pyridine rings is 1. The molecule has 0 atom stereocenters. The van der Waals surface area contributed by atoms with Gasteiger partial charge in [0.05, 0.1) is 17.8 Å². The molecule has 0 bridgehead atoms. The lowest BCUT2D eigenvalue weighted by molar-refractivity contribution is -0.0499. The summed E-state index contributed by atoms with van der Waals surface area (Å²) >= 11 is 7.55. The first-order valence-corrected chi connectivity index (χ1v) is 9.08. The van der Waals surface area contributed by atoms with Crippen molar-refractivity contribution < 1.29 is 18.3 Å². The van der Waals surface area contributed by atoms with Crippen LogP contribution in [0.25, 0.3) is 16.6 Å². The zero-order chi connectivity index (χ0) is 18.7. The summed E-state index contributed by atoms with van der Waals surface area (Å²) in [5.74, 6) is 0.771. The highest BCUT2D eigenvalue weighted by molar-refractivity contribution is 7.99. The third-order valence-corrected chi connectivity index (χ3v) is 4.81. The van der Waals surface area contributed by atoms with Crippen LogP contribution < -0.4 is 4.74 Å². The van der Waals surface area contributed by atoms with Gasteiger partial charge in [0.2, 0.25) is 0 Å². The predicted octanol–water partition coefficient (Wildman–Crippen LogP) is 4.72. The number of thioether (sulfide) groups is 1. The van der Waals surface area contributed by atoms with Crippen LogP contribution in [0.3, 0.4) is 0 Å². The van der Waals surface area contributed by atoms with Gasteiger partial charge in [0.1, 0.15) is 10.8 Å². The summed E-state index contributed by atoms with van der Waals surface area (Å²) in [6, 6.07) is 6.66. The van der Waals surface area contributed by atoms with E-state index in [9.17, 15) is 8.78 Å². The van der Waals surface area contributed by atoms with Gasteiger partial charge in [-0.05, 0) is 25.1 Å². The second-order valence-electron chi connectivity index (χ2n) is 5.37. The molecule has 0 unspecified atom stereocenters. The minimum absolute atomic E-state index is 0.0356. The largest absolute Gasteiger partial charge is 0.433 e. The summed E-state index contributed by atoms with van der Waals surface area (Å²) in [6.07, 6.45) is 1.61. The van der Waals surface area contributed by atoms with Gasteiger partial charge in [0.15, 0.2) is 5.75 Å². The molecule has 2 aromatic heterocycles. The van der Waals surface area contributed by atoms with E-state index in [0.29, 0.717) is 28.7 Å². The van der Waals surface area contributed by atoms with Crippen molar-refractivity contribution in [2.75, 3.05) is 19.5 Å². The normalized spacial score (nSPS) is 11.5. The van der Waals surface area contributed by atoms with Crippen molar-refractivity contribution >= 4 is 34.3 Å². The topological polar surface area (TPSA) is 49.2 Å². The standard InChI is InChI=1S/C17H16ClF2N3O2S/c1-10-12-9-21-16(18)8-13(12)23(22-10)14-7-11(26-6-5-24-2)3-4-15(14)25-17(19)20/h3-4,7-9,17H,5-6H2,1-2H3. The van der Waals surface area contributed by atoms with Crippen LogP contribution in [0.1, 0.15) is 5.69 Å². The van der Waals surface area contributed by atoms with Crippen LogP contribution in [0.2, 0.25) is 5.15 Å². The zero-order valence-corrected chi connectivity index (χ0v) is 15.7. The highest BCUT2D eigenvalue weighted by Gasteiger charge is 2.17. The Hall–Kier alpha value is -1.90. The Bertz CT molecular complexity index is 920. The number of ether oxygens (including phenoxy) is 2. The van der Waals surface area contributed by atoms with Crippen molar-refractivity contribution in [1.82, 2.24) is 14.8 Å². The monoisotopic (exact) mass is 399 g/mol. The van der Waals surface area contributed by atoms with Gasteiger partial charge in [-0.25, -0.2) is 9.67 Å². The van der Waals surface area contributed by atoms with Crippen molar-refractivity contribution in [2.45, 2.75) is 18.4 Å². The smallest absolute Gasteiger partial charge is 0.387 e. The van der Waals surface area contributed by atoms with Crippen molar-refractivity contribution in [3.8, 4) is 11.4 Å². The van der Waals surface area contributed by atoms with Gasteiger partial charge < -0.3 is 9.47 Å². The lowest BCUT2D eigenvalue weighted by Crippen LogP contribution is -2.07. The van der Waals surface area contributed by atoms with Crippen molar-refractivity contribution in [3.63, 3.8) is 0 Å². The molecule has 0 saturated heterocycles. The Morgan fingerprint density at radius 3 is 2.85 bits per heavy atom. The van der Waals surface area contributed by atoms with Crippen LogP contribution in [-0.4, -0.2) is 40.8 Å². The molecule has 0 aliphatic heterocycles. The average Bonchev–Trinajstić information content (AvgIpc) is 2.92. The van der Waals surface area contributed by atoms with E-state index < -0.39 is 6.61 Å². The van der Waals surface area contributed by atoms with Gasteiger partial charge in [-0.15, -0.1) is 11.8 Å². The SMILES string of the molecule is COCCSc1ccc(OC(F)F)c(-n2nc(C)c3cnc(Cl)cc32)c1. The number of benzene rings is 1. The molecule has 0 spiro atoms. The van der Waals surface area contributed by atoms with Gasteiger partial charge in [-0.2, -0.15) is 13.9 Å². The zero-order valence-electron chi connectivity index (χ0n) is 14.1. The van der Waals surface area contributed by atoms with Crippen LogP contribution >= 0.6 is 23.4 Å². The van der Waals surface area contributed by atoms with Crippen molar-refractivity contribution in [2.24, 2.45) is 0 Å². The van der Waals surface area contributed by atoms with E-state index in [4.69, 9.17) is 21.1 Å². The predicted molar refractivity (Wildman–Crippen MR) is 97.8 cm³/mol. The first-order chi connectivity index (χ1) is 12.5. The highest BCUT2D eigenvalue weighted by atomic mass is 35.5. The third-order valence-electron chi connectivity index (χ3n) is 3.65. The van der Waals surface area contributed by atoms with Gasteiger partial charge >= 0.3 is 6.61 Å². The van der Waals surface area contributed by atoms with Gasteiger partial charge in [0, 0.05) is 35.4 Å². The minimum Gasteiger partial charge on any atom is -0.433 e.